The van der Waals surface area contributed by atoms with E-state index in [1.165, 1.54) is 22.9 Å². The number of fused-ring (bicyclic) bond motifs is 1. The van der Waals surface area contributed by atoms with E-state index in [-0.39, 0.29) is 11.8 Å². The molecule has 4 nitrogen and oxygen atoms in total. The fourth-order valence-electron chi connectivity index (χ4n) is 3.87. The van der Waals surface area contributed by atoms with Crippen molar-refractivity contribution in [2.24, 2.45) is 5.92 Å². The molecule has 4 rings (SSSR count). The molecular weight excluding hydrogens is 416 g/mol. The number of benzene rings is 3. The summed E-state index contributed by atoms with van der Waals surface area (Å²) in [5, 5.41) is 2.57. The number of anilines is 1. The van der Waals surface area contributed by atoms with Gasteiger partial charge in [0.1, 0.15) is 5.25 Å². The smallest absolute Gasteiger partial charge is 0.241 e. The number of amides is 2. The first-order valence-electron chi connectivity index (χ1n) is 11.0. The molecule has 0 aromatic heterocycles. The Morgan fingerprint density at radius 1 is 0.969 bits per heavy atom. The third-order valence-corrected chi connectivity index (χ3v) is 7.27. The minimum absolute atomic E-state index is 0.0139. The Morgan fingerprint density at radius 3 is 2.41 bits per heavy atom. The molecule has 0 fully saturated rings. The van der Waals surface area contributed by atoms with Gasteiger partial charge >= 0.3 is 0 Å². The normalized spacial score (nSPS) is 16.4. The second-order valence-electron chi connectivity index (χ2n) is 8.23. The van der Waals surface area contributed by atoms with Gasteiger partial charge in [-0.25, -0.2) is 0 Å². The molecule has 2 amide bonds. The lowest BCUT2D eigenvalue weighted by molar-refractivity contribution is -0.128. The molecule has 0 saturated heterocycles. The Kier molecular flexibility index (Phi) is 6.96. The molecule has 164 valence electrons. The predicted molar refractivity (Wildman–Crippen MR) is 131 cm³/mol. The van der Waals surface area contributed by atoms with E-state index in [1.54, 1.807) is 0 Å². The standard InChI is InChI=1S/C27H28N2O2S/c1-19-12-14-22(15-13-19)18-29-23-10-6-7-11-24(23)32-25(27(29)31)20(2)26(30)28-17-16-21-8-4-3-5-9-21/h3-15,20,25H,16-18H2,1-2H3,(H,28,30)/t20-,25-/m1/s1. The third-order valence-electron chi connectivity index (χ3n) is 5.80. The summed E-state index contributed by atoms with van der Waals surface area (Å²) in [6.45, 7) is 4.96. The topological polar surface area (TPSA) is 49.4 Å². The number of nitrogens with one attached hydrogen (secondary N) is 1. The van der Waals surface area contributed by atoms with Crippen LogP contribution in [0.15, 0.2) is 83.8 Å². The van der Waals surface area contributed by atoms with Crippen LogP contribution in [0.4, 0.5) is 5.69 Å². The maximum atomic E-state index is 13.5. The fraction of sp³-hybridized carbons (Fsp3) is 0.259. The number of hydrogen-bond donors (Lipinski definition) is 1. The first-order valence-corrected chi connectivity index (χ1v) is 11.8. The number of rotatable bonds is 7. The number of carbonyl (C=O) groups excluding carboxylic acids is 2. The van der Waals surface area contributed by atoms with Gasteiger partial charge in [-0.1, -0.05) is 79.2 Å². The Labute approximate surface area is 194 Å². The average Bonchev–Trinajstić information content (AvgIpc) is 2.82. The van der Waals surface area contributed by atoms with E-state index in [2.05, 4.69) is 48.6 Å². The summed E-state index contributed by atoms with van der Waals surface area (Å²) in [7, 11) is 0. The van der Waals surface area contributed by atoms with Gasteiger partial charge < -0.3 is 10.2 Å². The highest BCUT2D eigenvalue weighted by Gasteiger charge is 2.39. The molecule has 0 bridgehead atoms. The van der Waals surface area contributed by atoms with Crippen LogP contribution >= 0.6 is 11.8 Å². The van der Waals surface area contributed by atoms with Crippen molar-refractivity contribution in [1.29, 1.82) is 0 Å². The van der Waals surface area contributed by atoms with Crippen molar-refractivity contribution in [2.45, 2.75) is 37.0 Å². The molecule has 0 radical (unpaired) electrons. The van der Waals surface area contributed by atoms with Crippen molar-refractivity contribution >= 4 is 29.3 Å². The second-order valence-corrected chi connectivity index (χ2v) is 9.41. The second kappa shape index (κ2) is 10.0. The Balaban J connectivity index is 1.47. The third kappa shape index (κ3) is 5.05. The number of hydrogen-bond acceptors (Lipinski definition) is 3. The lowest BCUT2D eigenvalue weighted by Crippen LogP contribution is -2.47. The fourth-order valence-corrected chi connectivity index (χ4v) is 5.15. The minimum Gasteiger partial charge on any atom is -0.355 e. The highest BCUT2D eigenvalue weighted by Crippen LogP contribution is 2.42. The summed E-state index contributed by atoms with van der Waals surface area (Å²) in [4.78, 5) is 29.3. The molecule has 0 unspecified atom stereocenters. The van der Waals surface area contributed by atoms with Crippen LogP contribution in [0, 0.1) is 12.8 Å². The minimum atomic E-state index is -0.452. The SMILES string of the molecule is Cc1ccc(CN2C(=O)[C@@H]([C@@H](C)C(=O)NCCc3ccccc3)Sc3ccccc32)cc1. The molecule has 1 aliphatic rings. The van der Waals surface area contributed by atoms with Crippen molar-refractivity contribution in [2.75, 3.05) is 11.4 Å². The van der Waals surface area contributed by atoms with Gasteiger partial charge in [0.25, 0.3) is 0 Å². The molecule has 0 saturated carbocycles. The van der Waals surface area contributed by atoms with Gasteiger partial charge in [0, 0.05) is 11.4 Å². The molecule has 3 aromatic rings. The highest BCUT2D eigenvalue weighted by atomic mass is 32.2. The van der Waals surface area contributed by atoms with Crippen LogP contribution in [-0.4, -0.2) is 23.6 Å². The van der Waals surface area contributed by atoms with E-state index < -0.39 is 11.2 Å². The molecule has 5 heteroatoms. The molecule has 1 heterocycles. The maximum absolute atomic E-state index is 13.5. The van der Waals surface area contributed by atoms with Gasteiger partial charge in [-0.05, 0) is 36.6 Å². The number of nitrogens with zero attached hydrogens (tertiary/aromatic N) is 1. The van der Waals surface area contributed by atoms with Crippen LogP contribution in [-0.2, 0) is 22.6 Å². The Bertz CT molecular complexity index is 1080. The van der Waals surface area contributed by atoms with Crippen molar-refractivity contribution in [3.63, 3.8) is 0 Å². The Hall–Kier alpha value is -3.05. The van der Waals surface area contributed by atoms with E-state index in [1.807, 2.05) is 54.3 Å². The first-order chi connectivity index (χ1) is 15.5. The molecule has 0 spiro atoms. The van der Waals surface area contributed by atoms with E-state index in [4.69, 9.17) is 0 Å². The number of carbonyl (C=O) groups is 2. The van der Waals surface area contributed by atoms with Crippen LogP contribution in [0.5, 0.6) is 0 Å². The van der Waals surface area contributed by atoms with Gasteiger partial charge in [-0.15, -0.1) is 11.8 Å². The molecule has 1 aliphatic heterocycles. The van der Waals surface area contributed by atoms with Crippen LogP contribution in [0.3, 0.4) is 0 Å². The molecular formula is C27H28N2O2S. The molecule has 2 atom stereocenters. The van der Waals surface area contributed by atoms with E-state index in [9.17, 15) is 9.59 Å². The van der Waals surface area contributed by atoms with E-state index in [0.717, 1.165) is 22.6 Å². The van der Waals surface area contributed by atoms with Gasteiger partial charge in [0.05, 0.1) is 18.2 Å². The molecule has 32 heavy (non-hydrogen) atoms. The van der Waals surface area contributed by atoms with Crippen LogP contribution in [0.25, 0.3) is 0 Å². The summed E-state index contributed by atoms with van der Waals surface area (Å²) < 4.78 is 0. The maximum Gasteiger partial charge on any atom is 0.241 e. The van der Waals surface area contributed by atoms with Crippen LogP contribution in [0.1, 0.15) is 23.6 Å². The number of thioether (sulfide) groups is 1. The highest BCUT2D eigenvalue weighted by molar-refractivity contribution is 8.01. The van der Waals surface area contributed by atoms with Crippen LogP contribution < -0.4 is 10.2 Å². The molecule has 1 N–H and O–H groups in total. The number of para-hydroxylation sites is 1. The quantitative estimate of drug-likeness (QED) is 0.558. The monoisotopic (exact) mass is 444 g/mol. The lowest BCUT2D eigenvalue weighted by atomic mass is 10.0. The summed E-state index contributed by atoms with van der Waals surface area (Å²) in [5.41, 5.74) is 4.36. The zero-order valence-corrected chi connectivity index (χ0v) is 19.3. The van der Waals surface area contributed by atoms with Crippen molar-refractivity contribution < 1.29 is 9.59 Å². The van der Waals surface area contributed by atoms with Gasteiger partial charge in [0.15, 0.2) is 0 Å². The summed E-state index contributed by atoms with van der Waals surface area (Å²) in [6.07, 6.45) is 0.771. The first kappa shape index (κ1) is 22.2. The summed E-state index contributed by atoms with van der Waals surface area (Å²) >= 11 is 1.50. The van der Waals surface area contributed by atoms with E-state index in [0.29, 0.717) is 13.1 Å². The number of aryl methyl sites for hydroxylation is 1. The zero-order valence-electron chi connectivity index (χ0n) is 18.5. The van der Waals surface area contributed by atoms with Crippen molar-refractivity contribution in [3.05, 3.63) is 95.6 Å². The van der Waals surface area contributed by atoms with Crippen molar-refractivity contribution in [1.82, 2.24) is 5.32 Å². The van der Waals surface area contributed by atoms with Crippen molar-refractivity contribution in [3.8, 4) is 0 Å². The van der Waals surface area contributed by atoms with E-state index >= 15 is 0 Å². The Morgan fingerprint density at radius 2 is 1.66 bits per heavy atom. The van der Waals surface area contributed by atoms with Crippen LogP contribution in [0.2, 0.25) is 0 Å². The largest absolute Gasteiger partial charge is 0.355 e. The zero-order chi connectivity index (χ0) is 22.5. The van der Waals surface area contributed by atoms with Gasteiger partial charge in [0.2, 0.25) is 11.8 Å². The average molecular weight is 445 g/mol. The predicted octanol–water partition coefficient (Wildman–Crippen LogP) is 5.00. The summed E-state index contributed by atoms with van der Waals surface area (Å²) in [6, 6.07) is 26.3. The van der Waals surface area contributed by atoms with Gasteiger partial charge in [-0.3, -0.25) is 9.59 Å². The lowest BCUT2D eigenvalue weighted by Gasteiger charge is -2.35. The summed E-state index contributed by atoms with van der Waals surface area (Å²) in [5.74, 6) is -0.529. The molecule has 3 aromatic carbocycles. The van der Waals surface area contributed by atoms with Gasteiger partial charge in [-0.2, -0.15) is 0 Å². The molecule has 0 aliphatic carbocycles.